The van der Waals surface area contributed by atoms with Gasteiger partial charge in [0.05, 0.1) is 6.42 Å². The number of nitrogens with two attached hydrogens (primary N) is 1. The molecule has 5 atom stereocenters. The Morgan fingerprint density at radius 2 is 1.66 bits per heavy atom. The van der Waals surface area contributed by atoms with Crippen LogP contribution in [-0.4, -0.2) is 107 Å². The number of hydrogen-bond donors (Lipinski definition) is 7. The summed E-state index contributed by atoms with van der Waals surface area (Å²) in [5.41, 5.74) is 5.18. The highest BCUT2D eigenvalue weighted by atomic mass is 32.2. The molecule has 2 aliphatic rings. The smallest absolute Gasteiger partial charge is 0.326 e. The van der Waals surface area contributed by atoms with Crippen LogP contribution < -0.4 is 27.0 Å². The highest BCUT2D eigenvalue weighted by Crippen LogP contribution is 2.20. The number of hydrogen-bond acceptors (Lipinski definition) is 9. The number of carboxylic acid groups (broad SMARTS) is 1. The first kappa shape index (κ1) is 33.4. The molecule has 0 aromatic heterocycles. The maximum Gasteiger partial charge on any atom is 0.326 e. The minimum atomic E-state index is -4.88. The second-order valence-corrected chi connectivity index (χ2v) is 11.9. The van der Waals surface area contributed by atoms with E-state index in [0.29, 0.717) is 6.42 Å². The first-order valence-electron chi connectivity index (χ1n) is 13.0. The number of nitrogens with one attached hydrogen (secondary N) is 4. The van der Waals surface area contributed by atoms with Gasteiger partial charge in [-0.2, -0.15) is 8.42 Å². The first-order chi connectivity index (χ1) is 19.0. The maximum absolute atomic E-state index is 13.4. The third-order valence-corrected chi connectivity index (χ3v) is 7.26. The van der Waals surface area contributed by atoms with Gasteiger partial charge in [-0.05, 0) is 31.6 Å². The Labute approximate surface area is 236 Å². The third kappa shape index (κ3) is 10.3. The van der Waals surface area contributed by atoms with E-state index < -0.39 is 93.9 Å². The second kappa shape index (κ2) is 14.2. The zero-order valence-electron chi connectivity index (χ0n) is 22.6. The van der Waals surface area contributed by atoms with Crippen LogP contribution in [0.25, 0.3) is 0 Å². The van der Waals surface area contributed by atoms with Crippen LogP contribution in [-0.2, 0) is 43.7 Å². The summed E-state index contributed by atoms with van der Waals surface area (Å²) < 4.78 is 32.9. The molecule has 0 aliphatic carbocycles. The van der Waals surface area contributed by atoms with Crippen molar-refractivity contribution in [3.63, 3.8) is 0 Å². The van der Waals surface area contributed by atoms with Crippen LogP contribution in [0.4, 0.5) is 0 Å². The number of likely N-dealkylation sites (tertiary alicyclic amines) is 1. The lowest BCUT2D eigenvalue weighted by Gasteiger charge is -2.30. The summed E-state index contributed by atoms with van der Waals surface area (Å²) in [5, 5.41) is 18.5. The minimum absolute atomic E-state index is 0.0421. The number of carbonyl (C=O) groups excluding carboxylic acids is 6. The van der Waals surface area contributed by atoms with E-state index >= 15 is 0 Å². The van der Waals surface area contributed by atoms with Gasteiger partial charge < -0.3 is 37.0 Å². The van der Waals surface area contributed by atoms with Gasteiger partial charge in [-0.25, -0.2) is 4.79 Å². The molecule has 0 unspecified atom stereocenters. The molecule has 18 heteroatoms. The molecule has 0 saturated carbocycles. The molecular weight excluding hydrogens is 568 g/mol. The second-order valence-electron chi connectivity index (χ2n) is 10.4. The van der Waals surface area contributed by atoms with Gasteiger partial charge in [0.25, 0.3) is 10.1 Å². The number of aliphatic carboxylic acids is 1. The van der Waals surface area contributed by atoms with Crippen LogP contribution >= 0.6 is 0 Å². The molecule has 2 fully saturated rings. The minimum Gasteiger partial charge on any atom is -0.480 e. The lowest BCUT2D eigenvalue weighted by molar-refractivity contribution is -0.145. The molecule has 0 spiro atoms. The fourth-order valence-corrected chi connectivity index (χ4v) is 5.26. The number of rotatable bonds is 14. The Balaban J connectivity index is 2.23. The number of amides is 6. The van der Waals surface area contributed by atoms with E-state index in [1.807, 2.05) is 0 Å². The van der Waals surface area contributed by atoms with Gasteiger partial charge in [0.1, 0.15) is 36.0 Å². The van der Waals surface area contributed by atoms with Gasteiger partial charge in [-0.15, -0.1) is 0 Å². The number of nitrogens with zero attached hydrogens (tertiary/aromatic N) is 1. The quantitative estimate of drug-likeness (QED) is 0.0960. The van der Waals surface area contributed by atoms with Crippen molar-refractivity contribution in [2.24, 2.45) is 11.7 Å². The average Bonchev–Trinajstić information content (AvgIpc) is 3.50. The predicted molar refractivity (Wildman–Crippen MR) is 139 cm³/mol. The lowest BCUT2D eigenvalue weighted by Crippen LogP contribution is -2.60. The topological polar surface area (TPSA) is 271 Å². The summed E-state index contributed by atoms with van der Waals surface area (Å²) >= 11 is 0. The molecule has 6 amide bonds. The zero-order chi connectivity index (χ0) is 31.1. The molecule has 0 bridgehead atoms. The number of carbonyl (C=O) groups is 7. The summed E-state index contributed by atoms with van der Waals surface area (Å²) in [6.07, 6.45) is -0.0348. The van der Waals surface area contributed by atoms with Crippen molar-refractivity contribution >= 4 is 51.5 Å². The summed E-state index contributed by atoms with van der Waals surface area (Å²) in [4.78, 5) is 87.4. The molecule has 0 aromatic rings. The summed E-state index contributed by atoms with van der Waals surface area (Å²) in [7, 11) is -4.88. The van der Waals surface area contributed by atoms with Crippen LogP contribution in [0.2, 0.25) is 0 Å². The van der Waals surface area contributed by atoms with E-state index in [0.717, 1.165) is 4.90 Å². The van der Waals surface area contributed by atoms with Crippen LogP contribution in [0.15, 0.2) is 0 Å². The van der Waals surface area contributed by atoms with Crippen molar-refractivity contribution in [2.75, 3.05) is 12.3 Å². The van der Waals surface area contributed by atoms with E-state index in [1.165, 1.54) is 0 Å². The molecule has 41 heavy (non-hydrogen) atoms. The number of primary amides is 1. The highest BCUT2D eigenvalue weighted by Gasteiger charge is 2.41. The molecule has 0 aromatic carbocycles. The van der Waals surface area contributed by atoms with Crippen LogP contribution in [0, 0.1) is 5.92 Å². The SMILES string of the molecule is CC(C)C[C@H](NC(=O)[C@@H]1CCCN1C(=O)[C@H](CS(=O)(=O)O)NC(=O)[C@H](CC(N)=O)NC(=O)[C@@H]1CCC(=O)N1)C(=O)O. The van der Waals surface area contributed by atoms with E-state index in [4.69, 9.17) is 5.73 Å². The lowest BCUT2D eigenvalue weighted by atomic mass is 10.0. The van der Waals surface area contributed by atoms with Crippen molar-refractivity contribution in [1.82, 2.24) is 26.2 Å². The van der Waals surface area contributed by atoms with Crippen molar-refractivity contribution in [1.29, 1.82) is 0 Å². The normalized spacial score (nSPS) is 21.0. The fourth-order valence-electron chi connectivity index (χ4n) is 4.62. The largest absolute Gasteiger partial charge is 0.480 e. The fraction of sp³-hybridized carbons (Fsp3) is 0.696. The van der Waals surface area contributed by atoms with Gasteiger partial charge in [0.15, 0.2) is 0 Å². The highest BCUT2D eigenvalue weighted by molar-refractivity contribution is 7.85. The summed E-state index contributed by atoms with van der Waals surface area (Å²) in [5.74, 6) is -7.96. The number of carboxylic acids is 1. The molecule has 2 rings (SSSR count). The van der Waals surface area contributed by atoms with Crippen molar-refractivity contribution in [3.05, 3.63) is 0 Å². The predicted octanol–water partition coefficient (Wildman–Crippen LogP) is -3.40. The summed E-state index contributed by atoms with van der Waals surface area (Å²) in [6, 6.07) is -7.04. The first-order valence-corrected chi connectivity index (χ1v) is 14.6. The van der Waals surface area contributed by atoms with E-state index in [2.05, 4.69) is 21.3 Å². The summed E-state index contributed by atoms with van der Waals surface area (Å²) in [6.45, 7) is 3.47. The molecule has 8 N–H and O–H groups in total. The Kier molecular flexibility index (Phi) is 11.6. The molecular formula is C23H36N6O11S. The van der Waals surface area contributed by atoms with Crippen LogP contribution in [0.3, 0.4) is 0 Å². The van der Waals surface area contributed by atoms with Gasteiger partial charge in [0, 0.05) is 13.0 Å². The zero-order valence-corrected chi connectivity index (χ0v) is 23.4. The van der Waals surface area contributed by atoms with Gasteiger partial charge in [-0.1, -0.05) is 13.8 Å². The Morgan fingerprint density at radius 1 is 1.02 bits per heavy atom. The van der Waals surface area contributed by atoms with E-state index in [-0.39, 0.29) is 38.1 Å². The van der Waals surface area contributed by atoms with Crippen LogP contribution in [0.5, 0.6) is 0 Å². The van der Waals surface area contributed by atoms with Gasteiger partial charge >= 0.3 is 5.97 Å². The van der Waals surface area contributed by atoms with Crippen molar-refractivity contribution in [2.45, 2.75) is 82.6 Å². The van der Waals surface area contributed by atoms with Gasteiger partial charge in [0.2, 0.25) is 35.4 Å². The maximum atomic E-state index is 13.4. The van der Waals surface area contributed by atoms with Crippen LogP contribution in [0.1, 0.15) is 52.4 Å². The monoisotopic (exact) mass is 604 g/mol. The Morgan fingerprint density at radius 3 is 2.17 bits per heavy atom. The van der Waals surface area contributed by atoms with Gasteiger partial charge in [-0.3, -0.25) is 33.3 Å². The Bertz CT molecular complexity index is 1170. The molecule has 2 heterocycles. The van der Waals surface area contributed by atoms with Crippen molar-refractivity contribution < 1.29 is 51.6 Å². The average molecular weight is 605 g/mol. The van der Waals surface area contributed by atoms with E-state index in [1.54, 1.807) is 13.8 Å². The molecule has 2 aliphatic heterocycles. The van der Waals surface area contributed by atoms with Crippen molar-refractivity contribution in [3.8, 4) is 0 Å². The molecule has 17 nitrogen and oxygen atoms in total. The third-order valence-electron chi connectivity index (χ3n) is 6.50. The molecule has 2 saturated heterocycles. The molecule has 0 radical (unpaired) electrons. The standard InChI is InChI=1S/C23H36N6O11S/c1-11(2)8-14(23(36)37)27-21(34)16-4-3-7-29(16)22(35)15(10-41(38,39)40)28-20(33)13(9-17(24)30)26-19(32)12-5-6-18(31)25-12/h11-16H,3-10H2,1-2H3,(H2,24,30)(H,25,31)(H,26,32)(H,27,34)(H,28,33)(H,36,37)(H,38,39,40)/t12-,13-,14-,15-,16-/m0/s1. The Hall–Kier alpha value is -3.80. The van der Waals surface area contributed by atoms with E-state index in [9.17, 15) is 51.6 Å². The molecule has 230 valence electrons.